The van der Waals surface area contributed by atoms with Crippen LogP contribution in [0, 0.1) is 0 Å². The lowest BCUT2D eigenvalue weighted by Crippen LogP contribution is -2.46. The monoisotopic (exact) mass is 178 g/mol. The van der Waals surface area contributed by atoms with Crippen molar-refractivity contribution in [1.82, 2.24) is 0 Å². The summed E-state index contributed by atoms with van der Waals surface area (Å²) < 4.78 is 9.76. The minimum Gasteiger partial charge on any atom is -0.394 e. The molecule has 0 aromatic rings. The highest BCUT2D eigenvalue weighted by Crippen LogP contribution is 2.30. The number of ether oxygens (including phenoxy) is 2. The first-order valence-electron chi connectivity index (χ1n) is 3.73. The van der Waals surface area contributed by atoms with Gasteiger partial charge < -0.3 is 24.8 Å². The minimum atomic E-state index is -1.45. The van der Waals surface area contributed by atoms with Crippen LogP contribution in [0.15, 0.2) is 0 Å². The Morgan fingerprint density at radius 2 is 2.17 bits per heavy atom. The Labute approximate surface area is 70.5 Å². The summed E-state index contributed by atoms with van der Waals surface area (Å²) in [5, 5.41) is 27.8. The zero-order valence-corrected chi connectivity index (χ0v) is 7.10. The van der Waals surface area contributed by atoms with Crippen molar-refractivity contribution >= 4 is 0 Å². The Morgan fingerprint density at radius 1 is 1.58 bits per heavy atom. The molecule has 0 aromatic heterocycles. The quantitative estimate of drug-likeness (QED) is 0.477. The molecule has 2 unspecified atom stereocenters. The highest BCUT2D eigenvalue weighted by atomic mass is 16.7. The molecule has 0 radical (unpaired) electrons. The van der Waals surface area contributed by atoms with E-state index in [-0.39, 0.29) is 6.61 Å². The average molecular weight is 178 g/mol. The van der Waals surface area contributed by atoms with Crippen LogP contribution in [0.5, 0.6) is 0 Å². The van der Waals surface area contributed by atoms with Crippen molar-refractivity contribution in [3.63, 3.8) is 0 Å². The predicted molar refractivity (Wildman–Crippen MR) is 39.4 cm³/mol. The molecule has 1 saturated heterocycles. The van der Waals surface area contributed by atoms with Crippen LogP contribution in [0.4, 0.5) is 0 Å². The summed E-state index contributed by atoms with van der Waals surface area (Å²) >= 11 is 0. The Balaban J connectivity index is 2.73. The highest BCUT2D eigenvalue weighted by Gasteiger charge is 2.52. The van der Waals surface area contributed by atoms with Crippen LogP contribution in [0.25, 0.3) is 0 Å². The number of methoxy groups -OCH3 is 1. The van der Waals surface area contributed by atoms with Gasteiger partial charge in [0.2, 0.25) is 0 Å². The number of aliphatic hydroxyl groups excluding tert-OH is 2. The zero-order chi connectivity index (χ0) is 9.35. The number of aliphatic hydroxyl groups is 3. The van der Waals surface area contributed by atoms with E-state index in [1.807, 2.05) is 0 Å². The fourth-order valence-corrected chi connectivity index (χ4v) is 1.25. The van der Waals surface area contributed by atoms with Crippen molar-refractivity contribution in [3.05, 3.63) is 0 Å². The van der Waals surface area contributed by atoms with Crippen molar-refractivity contribution in [1.29, 1.82) is 0 Å². The first-order valence-corrected chi connectivity index (χ1v) is 3.73. The SMILES string of the molecule is CO[C@@H]1O[C@H](CO)C(C)(O)C1O. The lowest BCUT2D eigenvalue weighted by atomic mass is 9.96. The van der Waals surface area contributed by atoms with E-state index in [0.29, 0.717) is 0 Å². The van der Waals surface area contributed by atoms with Crippen LogP contribution in [0.2, 0.25) is 0 Å². The van der Waals surface area contributed by atoms with Gasteiger partial charge in [0.25, 0.3) is 0 Å². The molecular weight excluding hydrogens is 164 g/mol. The molecule has 12 heavy (non-hydrogen) atoms. The Hall–Kier alpha value is -0.200. The summed E-state index contributed by atoms with van der Waals surface area (Å²) in [6, 6.07) is 0. The van der Waals surface area contributed by atoms with E-state index in [2.05, 4.69) is 0 Å². The summed E-state index contributed by atoms with van der Waals surface area (Å²) in [6.45, 7) is 1.06. The third-order valence-corrected chi connectivity index (χ3v) is 2.20. The van der Waals surface area contributed by atoms with Crippen LogP contribution in [-0.4, -0.2) is 53.1 Å². The van der Waals surface area contributed by atoms with Gasteiger partial charge in [0.1, 0.15) is 17.8 Å². The van der Waals surface area contributed by atoms with Crippen molar-refractivity contribution in [2.24, 2.45) is 0 Å². The van der Waals surface area contributed by atoms with Gasteiger partial charge in [-0.1, -0.05) is 0 Å². The second-order valence-electron chi connectivity index (χ2n) is 3.08. The van der Waals surface area contributed by atoms with Gasteiger partial charge in [-0.2, -0.15) is 0 Å². The summed E-state index contributed by atoms with van der Waals surface area (Å²) in [5.74, 6) is 0. The number of hydrogen-bond acceptors (Lipinski definition) is 5. The lowest BCUT2D eigenvalue weighted by molar-refractivity contribution is -0.153. The smallest absolute Gasteiger partial charge is 0.186 e. The van der Waals surface area contributed by atoms with E-state index in [1.54, 1.807) is 0 Å². The molecule has 1 aliphatic rings. The highest BCUT2D eigenvalue weighted by molar-refractivity contribution is 4.97. The Morgan fingerprint density at radius 3 is 2.42 bits per heavy atom. The molecule has 0 aromatic carbocycles. The first-order chi connectivity index (χ1) is 5.54. The first kappa shape index (κ1) is 9.88. The van der Waals surface area contributed by atoms with Crippen molar-refractivity contribution in [2.75, 3.05) is 13.7 Å². The molecule has 1 rings (SSSR count). The molecule has 0 aliphatic carbocycles. The lowest BCUT2D eigenvalue weighted by Gasteiger charge is -2.24. The van der Waals surface area contributed by atoms with Gasteiger partial charge in [-0.15, -0.1) is 0 Å². The van der Waals surface area contributed by atoms with Crippen LogP contribution in [0.3, 0.4) is 0 Å². The molecule has 1 heterocycles. The molecule has 1 fully saturated rings. The van der Waals surface area contributed by atoms with E-state index < -0.39 is 24.1 Å². The maximum Gasteiger partial charge on any atom is 0.186 e. The van der Waals surface area contributed by atoms with Crippen molar-refractivity contribution in [2.45, 2.75) is 31.0 Å². The second-order valence-corrected chi connectivity index (χ2v) is 3.08. The van der Waals surface area contributed by atoms with Crippen molar-refractivity contribution in [3.8, 4) is 0 Å². The molecule has 4 atom stereocenters. The predicted octanol–water partition coefficient (Wildman–Crippen LogP) is -1.54. The maximum atomic E-state index is 9.61. The van der Waals surface area contributed by atoms with E-state index in [1.165, 1.54) is 14.0 Å². The summed E-state index contributed by atoms with van der Waals surface area (Å²) in [4.78, 5) is 0. The fourth-order valence-electron chi connectivity index (χ4n) is 1.25. The normalized spacial score (nSPS) is 48.2. The van der Waals surface area contributed by atoms with E-state index in [4.69, 9.17) is 14.6 Å². The van der Waals surface area contributed by atoms with Gasteiger partial charge in [-0.3, -0.25) is 0 Å². The van der Waals surface area contributed by atoms with Crippen LogP contribution >= 0.6 is 0 Å². The molecule has 0 spiro atoms. The summed E-state index contributed by atoms with van der Waals surface area (Å²) in [6.07, 6.45) is -2.78. The van der Waals surface area contributed by atoms with Gasteiger partial charge in [0, 0.05) is 7.11 Å². The zero-order valence-electron chi connectivity index (χ0n) is 7.10. The molecule has 0 amide bonds. The van der Waals surface area contributed by atoms with E-state index >= 15 is 0 Å². The molecule has 0 saturated carbocycles. The minimum absolute atomic E-state index is 0.343. The molecule has 0 bridgehead atoms. The summed E-state index contributed by atoms with van der Waals surface area (Å²) in [5.41, 5.74) is -1.45. The van der Waals surface area contributed by atoms with Gasteiger partial charge in [0.05, 0.1) is 6.61 Å². The standard InChI is InChI=1S/C7H14O5/c1-7(10)4(3-8)12-6(11-2)5(7)9/h4-6,8-10H,3H2,1-2H3/t4-,5?,6-,7?/m1/s1. The fraction of sp³-hybridized carbons (Fsp3) is 1.00. The molecule has 72 valence electrons. The molecule has 1 aliphatic heterocycles. The average Bonchev–Trinajstić information content (AvgIpc) is 2.25. The van der Waals surface area contributed by atoms with Gasteiger partial charge in [-0.05, 0) is 6.92 Å². The molecule has 5 heteroatoms. The number of rotatable bonds is 2. The topological polar surface area (TPSA) is 79.2 Å². The summed E-state index contributed by atoms with van der Waals surface area (Å²) in [7, 11) is 1.36. The third-order valence-electron chi connectivity index (χ3n) is 2.20. The van der Waals surface area contributed by atoms with Crippen LogP contribution < -0.4 is 0 Å². The van der Waals surface area contributed by atoms with Gasteiger partial charge in [-0.25, -0.2) is 0 Å². The molecular formula is C7H14O5. The van der Waals surface area contributed by atoms with Crippen molar-refractivity contribution < 1.29 is 24.8 Å². The molecule has 3 N–H and O–H groups in total. The Bertz CT molecular complexity index is 154. The Kier molecular flexibility index (Phi) is 2.70. The molecule has 5 nitrogen and oxygen atoms in total. The van der Waals surface area contributed by atoms with E-state index in [9.17, 15) is 10.2 Å². The maximum absolute atomic E-state index is 9.61. The van der Waals surface area contributed by atoms with E-state index in [0.717, 1.165) is 0 Å². The van der Waals surface area contributed by atoms with Gasteiger partial charge >= 0.3 is 0 Å². The van der Waals surface area contributed by atoms with Crippen LogP contribution in [0.1, 0.15) is 6.92 Å². The third kappa shape index (κ3) is 1.34. The second kappa shape index (κ2) is 3.27. The number of hydrogen-bond donors (Lipinski definition) is 3. The van der Waals surface area contributed by atoms with Gasteiger partial charge in [0.15, 0.2) is 6.29 Å². The van der Waals surface area contributed by atoms with Crippen LogP contribution in [-0.2, 0) is 9.47 Å². The largest absolute Gasteiger partial charge is 0.394 e.